The normalized spacial score (nSPS) is 10.9. The topological polar surface area (TPSA) is 63.9 Å². The highest BCUT2D eigenvalue weighted by Crippen LogP contribution is 2.32. The van der Waals surface area contributed by atoms with Crippen molar-refractivity contribution in [2.45, 2.75) is 10.1 Å². The van der Waals surface area contributed by atoms with Crippen molar-refractivity contribution in [1.82, 2.24) is 9.97 Å². The lowest BCUT2D eigenvalue weighted by Crippen LogP contribution is -1.87. The van der Waals surface area contributed by atoms with Crippen LogP contribution in [0.1, 0.15) is 0 Å². The molecule has 2 aromatic carbocycles. The lowest BCUT2D eigenvalue weighted by atomic mass is 10.3. The number of benzene rings is 2. The predicted molar refractivity (Wildman–Crippen MR) is 90.3 cm³/mol. The predicted octanol–water partition coefficient (Wildman–Crippen LogP) is 3.91. The number of anilines is 1. The molecule has 1 heterocycles. The van der Waals surface area contributed by atoms with Crippen molar-refractivity contribution in [1.29, 1.82) is 0 Å². The Labute approximate surface area is 134 Å². The van der Waals surface area contributed by atoms with Crippen LogP contribution in [0.15, 0.2) is 46.5 Å². The highest BCUT2D eigenvalue weighted by molar-refractivity contribution is 14.1. The molecule has 0 aliphatic heterocycles. The van der Waals surface area contributed by atoms with E-state index in [1.165, 1.54) is 0 Å². The standard InChI is InChI=1S/C14H12IN3OS/c1-19-9-3-4-11-12(7-9)18-14(17-11)20-13-5-2-8(16)6-10(13)15/h2-7H,16H2,1H3,(H,17,18). The van der Waals surface area contributed by atoms with Gasteiger partial charge < -0.3 is 15.5 Å². The molecule has 0 spiro atoms. The SMILES string of the molecule is COc1ccc2nc(Sc3ccc(N)cc3I)[nH]c2c1. The summed E-state index contributed by atoms with van der Waals surface area (Å²) in [5.74, 6) is 0.819. The van der Waals surface area contributed by atoms with Crippen LogP contribution in [-0.4, -0.2) is 17.1 Å². The van der Waals surface area contributed by atoms with Gasteiger partial charge in [-0.1, -0.05) is 11.8 Å². The third-order valence-electron chi connectivity index (χ3n) is 2.83. The van der Waals surface area contributed by atoms with E-state index >= 15 is 0 Å². The van der Waals surface area contributed by atoms with Crippen LogP contribution < -0.4 is 10.5 Å². The maximum Gasteiger partial charge on any atom is 0.171 e. The first-order valence-corrected chi connectivity index (χ1v) is 7.82. The van der Waals surface area contributed by atoms with Gasteiger partial charge in [-0.3, -0.25) is 0 Å². The minimum atomic E-state index is 0.771. The summed E-state index contributed by atoms with van der Waals surface area (Å²) >= 11 is 3.87. The molecule has 0 aliphatic rings. The van der Waals surface area contributed by atoms with Crippen molar-refractivity contribution >= 4 is 51.1 Å². The minimum Gasteiger partial charge on any atom is -0.497 e. The Balaban J connectivity index is 1.94. The van der Waals surface area contributed by atoms with Crippen molar-refractivity contribution < 1.29 is 4.74 Å². The summed E-state index contributed by atoms with van der Waals surface area (Å²) in [5, 5.41) is 0.857. The van der Waals surface area contributed by atoms with E-state index in [1.807, 2.05) is 36.4 Å². The molecule has 3 aromatic rings. The molecule has 3 rings (SSSR count). The second-order valence-corrected chi connectivity index (χ2v) is 6.41. The molecule has 1 aromatic heterocycles. The van der Waals surface area contributed by atoms with Gasteiger partial charge in [-0.2, -0.15) is 0 Å². The van der Waals surface area contributed by atoms with Gasteiger partial charge in [-0.15, -0.1) is 0 Å². The third-order valence-corrected chi connectivity index (χ3v) is 5.05. The largest absolute Gasteiger partial charge is 0.497 e. The fourth-order valence-corrected chi connectivity index (χ4v) is 3.52. The summed E-state index contributed by atoms with van der Waals surface area (Å²) < 4.78 is 6.33. The molecule has 0 aliphatic carbocycles. The minimum absolute atomic E-state index is 0.771. The van der Waals surface area contributed by atoms with Gasteiger partial charge in [-0.05, 0) is 52.9 Å². The average Bonchev–Trinajstić information content (AvgIpc) is 2.83. The van der Waals surface area contributed by atoms with E-state index in [2.05, 4.69) is 32.6 Å². The number of nitrogen functional groups attached to an aromatic ring is 1. The van der Waals surface area contributed by atoms with E-state index in [0.29, 0.717) is 0 Å². The molecule has 3 N–H and O–H groups in total. The van der Waals surface area contributed by atoms with Crippen LogP contribution in [0.2, 0.25) is 0 Å². The van der Waals surface area contributed by atoms with Gasteiger partial charge >= 0.3 is 0 Å². The molecule has 0 radical (unpaired) electrons. The first kappa shape index (κ1) is 13.6. The molecular weight excluding hydrogens is 385 g/mol. The number of ether oxygens (including phenoxy) is 1. The second-order valence-electron chi connectivity index (χ2n) is 4.22. The Morgan fingerprint density at radius 3 is 2.85 bits per heavy atom. The lowest BCUT2D eigenvalue weighted by molar-refractivity contribution is 0.415. The molecule has 0 saturated carbocycles. The number of methoxy groups -OCH3 is 1. The van der Waals surface area contributed by atoms with Crippen LogP contribution >= 0.6 is 34.4 Å². The molecule has 0 amide bonds. The summed E-state index contributed by atoms with van der Waals surface area (Å²) in [6, 6.07) is 11.7. The highest BCUT2D eigenvalue weighted by Gasteiger charge is 2.08. The number of halogens is 1. The van der Waals surface area contributed by atoms with Crippen molar-refractivity contribution in [3.05, 3.63) is 40.0 Å². The van der Waals surface area contributed by atoms with Crippen molar-refractivity contribution in [3.8, 4) is 5.75 Å². The second kappa shape index (κ2) is 5.53. The molecule has 0 saturated heterocycles. The maximum absolute atomic E-state index is 5.76. The lowest BCUT2D eigenvalue weighted by Gasteiger charge is -2.02. The monoisotopic (exact) mass is 397 g/mol. The van der Waals surface area contributed by atoms with Gasteiger partial charge in [0.2, 0.25) is 0 Å². The van der Waals surface area contributed by atoms with E-state index in [9.17, 15) is 0 Å². The zero-order valence-corrected chi connectivity index (χ0v) is 13.7. The number of aromatic nitrogens is 2. The number of imidazole rings is 1. The van der Waals surface area contributed by atoms with Crippen LogP contribution in [0, 0.1) is 3.57 Å². The van der Waals surface area contributed by atoms with Crippen LogP contribution in [0.25, 0.3) is 11.0 Å². The van der Waals surface area contributed by atoms with Gasteiger partial charge in [0.25, 0.3) is 0 Å². The number of aromatic amines is 1. The van der Waals surface area contributed by atoms with Gasteiger partial charge in [0.1, 0.15) is 5.75 Å². The Bertz CT molecular complexity index is 772. The zero-order chi connectivity index (χ0) is 14.1. The van der Waals surface area contributed by atoms with Crippen molar-refractivity contribution in [2.24, 2.45) is 0 Å². The van der Waals surface area contributed by atoms with E-state index < -0.39 is 0 Å². The Kier molecular flexibility index (Phi) is 3.75. The summed E-state index contributed by atoms with van der Waals surface area (Å²) in [6.07, 6.45) is 0. The molecule has 4 nitrogen and oxygen atoms in total. The van der Waals surface area contributed by atoms with Gasteiger partial charge in [0, 0.05) is 20.2 Å². The first-order chi connectivity index (χ1) is 9.65. The van der Waals surface area contributed by atoms with Crippen LogP contribution in [-0.2, 0) is 0 Å². The van der Waals surface area contributed by atoms with Gasteiger partial charge in [0.15, 0.2) is 5.16 Å². The molecule has 0 unspecified atom stereocenters. The first-order valence-electron chi connectivity index (χ1n) is 5.92. The van der Waals surface area contributed by atoms with Crippen LogP contribution in [0.3, 0.4) is 0 Å². The summed E-state index contributed by atoms with van der Waals surface area (Å²) in [5.41, 5.74) is 8.43. The molecule has 0 bridgehead atoms. The number of H-pyrrole nitrogens is 1. The Morgan fingerprint density at radius 1 is 1.25 bits per heavy atom. The number of nitrogens with zero attached hydrogens (tertiary/aromatic N) is 1. The molecule has 20 heavy (non-hydrogen) atoms. The number of rotatable bonds is 3. The number of hydrogen-bond donors (Lipinski definition) is 2. The molecule has 0 fully saturated rings. The molecule has 0 atom stereocenters. The summed E-state index contributed by atoms with van der Waals surface area (Å²) in [4.78, 5) is 8.99. The van der Waals surface area contributed by atoms with Crippen molar-refractivity contribution in [3.63, 3.8) is 0 Å². The highest BCUT2D eigenvalue weighted by atomic mass is 127. The van der Waals surface area contributed by atoms with Crippen LogP contribution in [0.4, 0.5) is 5.69 Å². The molecule has 102 valence electrons. The van der Waals surface area contributed by atoms with E-state index in [1.54, 1.807) is 18.9 Å². The summed E-state index contributed by atoms with van der Waals surface area (Å²) in [6.45, 7) is 0. The third kappa shape index (κ3) is 2.71. The quantitative estimate of drug-likeness (QED) is 0.520. The number of nitrogens with one attached hydrogen (secondary N) is 1. The molecular formula is C14H12IN3OS. The fourth-order valence-electron chi connectivity index (χ4n) is 1.84. The number of hydrogen-bond acceptors (Lipinski definition) is 4. The maximum atomic E-state index is 5.76. The smallest absolute Gasteiger partial charge is 0.171 e. The van der Waals surface area contributed by atoms with Crippen LogP contribution in [0.5, 0.6) is 5.75 Å². The van der Waals surface area contributed by atoms with Gasteiger partial charge in [0.05, 0.1) is 18.1 Å². The van der Waals surface area contributed by atoms with E-state index in [0.717, 1.165) is 36.1 Å². The van der Waals surface area contributed by atoms with Gasteiger partial charge in [-0.25, -0.2) is 4.98 Å². The van der Waals surface area contributed by atoms with E-state index in [4.69, 9.17) is 10.5 Å². The summed E-state index contributed by atoms with van der Waals surface area (Å²) in [7, 11) is 1.66. The number of fused-ring (bicyclic) bond motifs is 1. The van der Waals surface area contributed by atoms with E-state index in [-0.39, 0.29) is 0 Å². The average molecular weight is 397 g/mol. The zero-order valence-electron chi connectivity index (χ0n) is 10.7. The number of nitrogens with two attached hydrogens (primary N) is 1. The Hall–Kier alpha value is -1.41. The van der Waals surface area contributed by atoms with Crippen molar-refractivity contribution in [2.75, 3.05) is 12.8 Å². The fraction of sp³-hybridized carbons (Fsp3) is 0.0714. The molecule has 6 heteroatoms. The Morgan fingerprint density at radius 2 is 2.10 bits per heavy atom.